The molecule has 1 aliphatic rings. The van der Waals surface area contributed by atoms with Gasteiger partial charge in [-0.05, 0) is 52.6 Å². The van der Waals surface area contributed by atoms with E-state index < -0.39 is 0 Å². The molecule has 1 fully saturated rings. The van der Waals surface area contributed by atoms with E-state index >= 15 is 0 Å². The Kier molecular flexibility index (Phi) is 3.87. The van der Waals surface area contributed by atoms with Crippen molar-refractivity contribution >= 4 is 5.78 Å². The standard InChI is InChI=1S/C12H21NO/c1-4-5-6-8-12(11(2)14)9-7-10-13(12)3/h4H,1,5-10H2,2-3H3/t12-/m0/s1. The van der Waals surface area contributed by atoms with E-state index in [1.54, 1.807) is 6.92 Å². The molecule has 1 aliphatic heterocycles. The molecule has 0 bridgehead atoms. The van der Waals surface area contributed by atoms with Gasteiger partial charge in [0.2, 0.25) is 0 Å². The van der Waals surface area contributed by atoms with Crippen molar-refractivity contribution in [3.63, 3.8) is 0 Å². The first-order chi connectivity index (χ1) is 6.63. The maximum Gasteiger partial charge on any atom is 0.150 e. The van der Waals surface area contributed by atoms with Gasteiger partial charge in [-0.1, -0.05) is 6.08 Å². The van der Waals surface area contributed by atoms with Crippen LogP contribution in [0.1, 0.15) is 39.0 Å². The van der Waals surface area contributed by atoms with Crippen molar-refractivity contribution in [2.75, 3.05) is 13.6 Å². The first-order valence-corrected chi connectivity index (χ1v) is 5.46. The van der Waals surface area contributed by atoms with Crippen LogP contribution in [0.2, 0.25) is 0 Å². The number of Topliss-reactive ketones (excluding diaryl/α,β-unsaturated/α-hetero) is 1. The fourth-order valence-corrected chi connectivity index (χ4v) is 2.49. The number of unbranched alkanes of at least 4 members (excludes halogenated alkanes) is 1. The van der Waals surface area contributed by atoms with Gasteiger partial charge in [0, 0.05) is 0 Å². The molecule has 0 unspecified atom stereocenters. The summed E-state index contributed by atoms with van der Waals surface area (Å²) in [6.07, 6.45) is 7.21. The Hall–Kier alpha value is -0.630. The molecule has 0 radical (unpaired) electrons. The summed E-state index contributed by atoms with van der Waals surface area (Å²) in [6, 6.07) is 0. The lowest BCUT2D eigenvalue weighted by atomic mass is 9.86. The SMILES string of the molecule is C=CCCC[C@@]1(C(C)=O)CCCN1C. The van der Waals surface area contributed by atoms with E-state index in [9.17, 15) is 4.79 Å². The normalized spacial score (nSPS) is 27.9. The molecule has 0 aromatic rings. The summed E-state index contributed by atoms with van der Waals surface area (Å²) < 4.78 is 0. The monoisotopic (exact) mass is 195 g/mol. The largest absolute Gasteiger partial charge is 0.298 e. The minimum atomic E-state index is -0.150. The van der Waals surface area contributed by atoms with Crippen molar-refractivity contribution in [1.82, 2.24) is 4.90 Å². The number of allylic oxidation sites excluding steroid dienone is 1. The maximum atomic E-state index is 11.7. The molecule has 0 aliphatic carbocycles. The molecule has 2 heteroatoms. The maximum absolute atomic E-state index is 11.7. The number of ketones is 1. The summed E-state index contributed by atoms with van der Waals surface area (Å²) >= 11 is 0. The van der Waals surface area contributed by atoms with Crippen LogP contribution in [-0.4, -0.2) is 29.8 Å². The zero-order valence-electron chi connectivity index (χ0n) is 9.38. The van der Waals surface area contributed by atoms with Gasteiger partial charge in [-0.25, -0.2) is 0 Å². The number of hydrogen-bond donors (Lipinski definition) is 0. The molecule has 0 aromatic carbocycles. The van der Waals surface area contributed by atoms with Gasteiger partial charge in [-0.3, -0.25) is 9.69 Å². The van der Waals surface area contributed by atoms with Crippen molar-refractivity contribution in [2.24, 2.45) is 0 Å². The summed E-state index contributed by atoms with van der Waals surface area (Å²) in [5.41, 5.74) is -0.150. The highest BCUT2D eigenvalue weighted by atomic mass is 16.1. The van der Waals surface area contributed by atoms with E-state index in [0.717, 1.165) is 38.6 Å². The number of hydrogen-bond acceptors (Lipinski definition) is 2. The second kappa shape index (κ2) is 4.74. The summed E-state index contributed by atoms with van der Waals surface area (Å²) in [5, 5.41) is 0. The van der Waals surface area contributed by atoms with Gasteiger partial charge in [0.25, 0.3) is 0 Å². The van der Waals surface area contributed by atoms with E-state index in [0.29, 0.717) is 5.78 Å². The smallest absolute Gasteiger partial charge is 0.150 e. The molecule has 0 spiro atoms. The van der Waals surface area contributed by atoms with Crippen molar-refractivity contribution in [2.45, 2.75) is 44.6 Å². The minimum Gasteiger partial charge on any atom is -0.298 e. The minimum absolute atomic E-state index is 0.150. The highest BCUT2D eigenvalue weighted by Gasteiger charge is 2.41. The van der Waals surface area contributed by atoms with E-state index in [2.05, 4.69) is 18.5 Å². The summed E-state index contributed by atoms with van der Waals surface area (Å²) in [6.45, 7) is 6.51. The Morgan fingerprint density at radius 3 is 2.79 bits per heavy atom. The van der Waals surface area contributed by atoms with Gasteiger partial charge in [0.15, 0.2) is 0 Å². The Morgan fingerprint density at radius 1 is 1.64 bits per heavy atom. The Bertz CT molecular complexity index is 224. The lowest BCUT2D eigenvalue weighted by Crippen LogP contribution is -2.47. The van der Waals surface area contributed by atoms with Crippen LogP contribution in [0.15, 0.2) is 12.7 Å². The van der Waals surface area contributed by atoms with Crippen molar-refractivity contribution in [3.8, 4) is 0 Å². The lowest BCUT2D eigenvalue weighted by Gasteiger charge is -2.33. The molecular formula is C12H21NO. The molecule has 1 atom stereocenters. The van der Waals surface area contributed by atoms with Crippen LogP contribution >= 0.6 is 0 Å². The van der Waals surface area contributed by atoms with Crippen LogP contribution in [-0.2, 0) is 4.79 Å². The average molecular weight is 195 g/mol. The van der Waals surface area contributed by atoms with Crippen molar-refractivity contribution in [3.05, 3.63) is 12.7 Å². The summed E-state index contributed by atoms with van der Waals surface area (Å²) in [7, 11) is 2.07. The Labute approximate surface area is 87.0 Å². The molecule has 1 rings (SSSR count). The zero-order chi connectivity index (χ0) is 10.6. The predicted octanol–water partition coefficient (Wildman–Crippen LogP) is 2.40. The number of rotatable bonds is 5. The Morgan fingerprint density at radius 2 is 2.36 bits per heavy atom. The number of nitrogens with zero attached hydrogens (tertiary/aromatic N) is 1. The molecule has 1 heterocycles. The number of carbonyl (C=O) groups is 1. The molecule has 1 saturated heterocycles. The van der Waals surface area contributed by atoms with E-state index in [1.807, 2.05) is 6.08 Å². The van der Waals surface area contributed by atoms with Crippen molar-refractivity contribution < 1.29 is 4.79 Å². The van der Waals surface area contributed by atoms with Gasteiger partial charge in [-0.2, -0.15) is 0 Å². The second-order valence-corrected chi connectivity index (χ2v) is 4.29. The summed E-state index contributed by atoms with van der Waals surface area (Å²) in [4.78, 5) is 13.9. The molecule has 0 aromatic heterocycles. The van der Waals surface area contributed by atoms with Gasteiger partial charge in [0.05, 0.1) is 5.54 Å². The first kappa shape index (κ1) is 11.4. The van der Waals surface area contributed by atoms with Crippen LogP contribution in [0.3, 0.4) is 0 Å². The highest BCUT2D eigenvalue weighted by molar-refractivity contribution is 5.86. The predicted molar refractivity (Wildman–Crippen MR) is 59.3 cm³/mol. The van der Waals surface area contributed by atoms with Crippen LogP contribution < -0.4 is 0 Å². The van der Waals surface area contributed by atoms with Gasteiger partial charge in [0.1, 0.15) is 5.78 Å². The number of likely N-dealkylation sites (tertiary alicyclic amines) is 1. The molecule has 80 valence electrons. The number of likely N-dealkylation sites (N-methyl/N-ethyl adjacent to an activating group) is 1. The van der Waals surface area contributed by atoms with Gasteiger partial charge < -0.3 is 0 Å². The van der Waals surface area contributed by atoms with Gasteiger partial charge >= 0.3 is 0 Å². The molecular weight excluding hydrogens is 174 g/mol. The van der Waals surface area contributed by atoms with Crippen molar-refractivity contribution in [1.29, 1.82) is 0 Å². The van der Waals surface area contributed by atoms with E-state index in [-0.39, 0.29) is 5.54 Å². The summed E-state index contributed by atoms with van der Waals surface area (Å²) in [5.74, 6) is 0.335. The Balaban J connectivity index is 2.62. The fourth-order valence-electron chi connectivity index (χ4n) is 2.49. The molecule has 0 amide bonds. The second-order valence-electron chi connectivity index (χ2n) is 4.29. The highest BCUT2D eigenvalue weighted by Crippen LogP contribution is 2.33. The average Bonchev–Trinajstić information content (AvgIpc) is 2.49. The van der Waals surface area contributed by atoms with E-state index in [4.69, 9.17) is 0 Å². The molecule has 0 N–H and O–H groups in total. The van der Waals surface area contributed by atoms with Crippen LogP contribution in [0.25, 0.3) is 0 Å². The molecule has 14 heavy (non-hydrogen) atoms. The quantitative estimate of drug-likeness (QED) is 0.496. The van der Waals surface area contributed by atoms with Crippen LogP contribution in [0, 0.1) is 0 Å². The number of carbonyl (C=O) groups excluding carboxylic acids is 1. The lowest BCUT2D eigenvalue weighted by molar-refractivity contribution is -0.127. The van der Waals surface area contributed by atoms with E-state index in [1.165, 1.54) is 0 Å². The van der Waals surface area contributed by atoms with Crippen LogP contribution in [0.5, 0.6) is 0 Å². The third-order valence-electron chi connectivity index (χ3n) is 3.47. The van der Waals surface area contributed by atoms with Gasteiger partial charge in [-0.15, -0.1) is 6.58 Å². The van der Waals surface area contributed by atoms with Crippen LogP contribution in [0.4, 0.5) is 0 Å². The topological polar surface area (TPSA) is 20.3 Å². The molecule has 0 saturated carbocycles. The zero-order valence-corrected chi connectivity index (χ0v) is 9.38. The molecule has 2 nitrogen and oxygen atoms in total. The third kappa shape index (κ3) is 2.06. The third-order valence-corrected chi connectivity index (χ3v) is 3.47. The fraction of sp³-hybridized carbons (Fsp3) is 0.750. The first-order valence-electron chi connectivity index (χ1n) is 5.46.